The van der Waals surface area contributed by atoms with Gasteiger partial charge in [0.25, 0.3) is 7.37 Å². The number of carbonyl (C=O) groups is 1. The molecule has 0 saturated carbocycles. The molecular formula is C39H35F3N2O4P+. The molecule has 1 N–H and O–H groups in total. The molecule has 0 bridgehead atoms. The Morgan fingerprint density at radius 1 is 0.878 bits per heavy atom. The summed E-state index contributed by atoms with van der Waals surface area (Å²) >= 11 is 0. The van der Waals surface area contributed by atoms with E-state index in [2.05, 4.69) is 0 Å². The van der Waals surface area contributed by atoms with E-state index in [1.54, 1.807) is 57.2 Å². The Morgan fingerprint density at radius 2 is 1.51 bits per heavy atom. The van der Waals surface area contributed by atoms with Crippen LogP contribution in [0.25, 0.3) is 5.57 Å². The highest BCUT2D eigenvalue weighted by Gasteiger charge is 2.47. The van der Waals surface area contributed by atoms with Crippen LogP contribution in [0, 0.1) is 24.4 Å². The van der Waals surface area contributed by atoms with Gasteiger partial charge < -0.3 is 14.5 Å². The van der Waals surface area contributed by atoms with Crippen molar-refractivity contribution in [3.8, 4) is 0 Å². The summed E-state index contributed by atoms with van der Waals surface area (Å²) in [5.41, 5.74) is -0.191. The zero-order valence-corrected chi connectivity index (χ0v) is 28.8. The minimum atomic E-state index is -4.09. The predicted molar refractivity (Wildman–Crippen MR) is 188 cm³/mol. The first-order chi connectivity index (χ1) is 23.1. The molecule has 1 atom stereocenters. The number of benzene rings is 4. The van der Waals surface area contributed by atoms with Gasteiger partial charge in [-0.15, -0.1) is 0 Å². The van der Waals surface area contributed by atoms with E-state index in [9.17, 15) is 14.3 Å². The Balaban J connectivity index is 1.76. The summed E-state index contributed by atoms with van der Waals surface area (Å²) in [7, 11) is -0.418. The van der Waals surface area contributed by atoms with Crippen LogP contribution in [-0.4, -0.2) is 41.1 Å². The molecule has 10 heteroatoms. The maximum absolute atomic E-state index is 16.3. The standard InChI is InChI=1S/C39H34F3N2O4P/c1-23-35(40)33(34(38(45)46)37(42)36(23)41)32-28-19-17-26(43(5)24-13-9-7-10-14-24)21-30(28)49(47,48-39(2,3)4)31-22-27(18-20-29(31)32)44(6)25-15-11-8-12-16-25/h7-22H,1-6H3/p+1. The maximum atomic E-state index is 16.3. The second kappa shape index (κ2) is 12.5. The van der Waals surface area contributed by atoms with E-state index in [4.69, 9.17) is 4.52 Å². The van der Waals surface area contributed by atoms with Crippen molar-refractivity contribution in [2.45, 2.75) is 33.3 Å². The number of carboxylic acid groups (broad SMARTS) is 1. The maximum Gasteiger partial charge on any atom is 0.339 e. The Bertz CT molecular complexity index is 2200. The average molecular weight is 684 g/mol. The van der Waals surface area contributed by atoms with Gasteiger partial charge in [0.2, 0.25) is 11.4 Å². The molecule has 0 amide bonds. The molecule has 1 aliphatic heterocycles. The number of carboxylic acids is 1. The van der Waals surface area contributed by atoms with Crippen LogP contribution in [0.1, 0.15) is 47.8 Å². The lowest BCUT2D eigenvalue weighted by atomic mass is 9.85. The number of fused-ring (bicyclic) bond motifs is 2. The zero-order chi connectivity index (χ0) is 35.4. The minimum Gasteiger partial charge on any atom is -0.478 e. The fourth-order valence-corrected chi connectivity index (χ4v) is 9.05. The van der Waals surface area contributed by atoms with Crippen LogP contribution in [0.3, 0.4) is 0 Å². The van der Waals surface area contributed by atoms with E-state index < -0.39 is 53.1 Å². The third kappa shape index (κ3) is 5.87. The van der Waals surface area contributed by atoms with Gasteiger partial charge >= 0.3 is 5.97 Å². The van der Waals surface area contributed by atoms with E-state index in [1.807, 2.05) is 84.2 Å². The van der Waals surface area contributed by atoms with Crippen molar-refractivity contribution in [1.82, 2.24) is 0 Å². The van der Waals surface area contributed by atoms with Crippen molar-refractivity contribution >= 4 is 47.0 Å². The average Bonchev–Trinajstić information content (AvgIpc) is 3.08. The molecule has 0 fully saturated rings. The van der Waals surface area contributed by atoms with E-state index in [0.717, 1.165) is 18.3 Å². The number of nitrogens with zero attached hydrogens (tertiary/aromatic N) is 2. The van der Waals surface area contributed by atoms with Crippen molar-refractivity contribution in [3.63, 3.8) is 0 Å². The topological polar surface area (TPSA) is 69.8 Å². The summed E-state index contributed by atoms with van der Waals surface area (Å²) in [6, 6.07) is 23.9. The van der Waals surface area contributed by atoms with Gasteiger partial charge in [-0.25, -0.2) is 18.0 Å². The Kier molecular flexibility index (Phi) is 8.63. The van der Waals surface area contributed by atoms with E-state index in [0.29, 0.717) is 11.4 Å². The van der Waals surface area contributed by atoms with Gasteiger partial charge in [0, 0.05) is 59.4 Å². The molecule has 0 saturated heterocycles. The highest BCUT2D eigenvalue weighted by atomic mass is 31.2. The van der Waals surface area contributed by atoms with Crippen molar-refractivity contribution < 1.29 is 36.7 Å². The summed E-state index contributed by atoms with van der Waals surface area (Å²) < 4.78 is 70.9. The van der Waals surface area contributed by atoms with E-state index in [1.165, 1.54) is 0 Å². The monoisotopic (exact) mass is 683 g/mol. The van der Waals surface area contributed by atoms with Crippen LogP contribution in [0.4, 0.5) is 30.2 Å². The van der Waals surface area contributed by atoms with Gasteiger partial charge in [-0.05, 0) is 69.2 Å². The fourth-order valence-electron chi connectivity index (χ4n) is 6.21. The summed E-state index contributed by atoms with van der Waals surface area (Å²) in [6.45, 7) is 6.36. The quantitative estimate of drug-likeness (QED) is 0.125. The molecule has 2 aliphatic rings. The SMILES string of the molecule is Cc1c(F)c(F)c(C(=O)O)c(C2=C3C=CC(=[N+](C)c4ccccc4)C=C3P(=O)(OC(C)(C)C)c3cc(N(C)c4ccccc4)ccc32)c1F. The lowest BCUT2D eigenvalue weighted by molar-refractivity contribution is -0.403. The lowest BCUT2D eigenvalue weighted by Gasteiger charge is -2.37. The van der Waals surface area contributed by atoms with Crippen molar-refractivity contribution in [1.29, 1.82) is 0 Å². The second-order valence-electron chi connectivity index (χ2n) is 12.9. The smallest absolute Gasteiger partial charge is 0.339 e. The minimum absolute atomic E-state index is 0.0336. The van der Waals surface area contributed by atoms with Gasteiger partial charge in [0.15, 0.2) is 11.6 Å². The highest BCUT2D eigenvalue weighted by molar-refractivity contribution is 7.71. The number of rotatable bonds is 6. The van der Waals surface area contributed by atoms with Gasteiger partial charge in [-0.3, -0.25) is 4.57 Å². The molecule has 6 rings (SSSR count). The van der Waals surface area contributed by atoms with Crippen LogP contribution in [0.15, 0.2) is 108 Å². The van der Waals surface area contributed by atoms with Crippen molar-refractivity contribution in [3.05, 3.63) is 148 Å². The third-order valence-electron chi connectivity index (χ3n) is 8.60. The van der Waals surface area contributed by atoms with Crippen LogP contribution >= 0.6 is 7.37 Å². The molecule has 49 heavy (non-hydrogen) atoms. The first-order valence-electron chi connectivity index (χ1n) is 15.6. The highest BCUT2D eigenvalue weighted by Crippen LogP contribution is 2.65. The molecule has 0 radical (unpaired) electrons. The second-order valence-corrected chi connectivity index (χ2v) is 15.2. The van der Waals surface area contributed by atoms with Crippen molar-refractivity contribution in [2.24, 2.45) is 0 Å². The van der Waals surface area contributed by atoms with Crippen LogP contribution in [0.2, 0.25) is 0 Å². The normalized spacial score (nSPS) is 18.1. The number of anilines is 2. The van der Waals surface area contributed by atoms with E-state index in [-0.39, 0.29) is 27.3 Å². The summed E-state index contributed by atoms with van der Waals surface area (Å²) in [6.07, 6.45) is 5.00. The molecule has 1 aliphatic carbocycles. The fraction of sp³-hybridized carbons (Fsp3) is 0.179. The largest absolute Gasteiger partial charge is 0.478 e. The first kappa shape index (κ1) is 33.9. The summed E-state index contributed by atoms with van der Waals surface area (Å²) in [4.78, 5) is 14.4. The summed E-state index contributed by atoms with van der Waals surface area (Å²) in [5.74, 6) is -6.34. The van der Waals surface area contributed by atoms with Crippen LogP contribution in [-0.2, 0) is 9.09 Å². The zero-order valence-electron chi connectivity index (χ0n) is 27.9. The lowest BCUT2D eigenvalue weighted by Crippen LogP contribution is -2.30. The molecule has 0 aromatic heterocycles. The molecule has 250 valence electrons. The van der Waals surface area contributed by atoms with Crippen LogP contribution in [0.5, 0.6) is 0 Å². The number of aromatic carboxylic acids is 1. The van der Waals surface area contributed by atoms with Gasteiger partial charge in [-0.2, -0.15) is 4.58 Å². The summed E-state index contributed by atoms with van der Waals surface area (Å²) in [5, 5.41) is 10.5. The molecule has 4 aromatic carbocycles. The van der Waals surface area contributed by atoms with Gasteiger partial charge in [0.1, 0.15) is 18.4 Å². The third-order valence-corrected chi connectivity index (χ3v) is 11.4. The molecule has 1 heterocycles. The first-order valence-corrected chi connectivity index (χ1v) is 17.2. The number of halogens is 3. The van der Waals surface area contributed by atoms with Gasteiger partial charge in [0.05, 0.1) is 16.2 Å². The van der Waals surface area contributed by atoms with Gasteiger partial charge in [-0.1, -0.05) is 42.5 Å². The number of hydrogen-bond acceptors (Lipinski definition) is 4. The Hall–Kier alpha value is -4.98. The van der Waals surface area contributed by atoms with Crippen molar-refractivity contribution in [2.75, 3.05) is 19.0 Å². The van der Waals surface area contributed by atoms with E-state index >= 15 is 13.3 Å². The molecule has 6 nitrogen and oxygen atoms in total. The van der Waals surface area contributed by atoms with Crippen LogP contribution < -0.4 is 10.2 Å². The number of hydrogen-bond donors (Lipinski definition) is 1. The molecule has 1 unspecified atom stereocenters. The predicted octanol–water partition coefficient (Wildman–Crippen LogP) is 9.28. The molecule has 4 aromatic rings. The number of para-hydroxylation sites is 2. The molecular weight excluding hydrogens is 648 g/mol. The molecule has 0 spiro atoms. The Morgan fingerprint density at radius 3 is 2.12 bits per heavy atom. The number of allylic oxidation sites excluding steroid dienone is 5. The Labute approximate surface area is 283 Å².